The van der Waals surface area contributed by atoms with E-state index < -0.39 is 0 Å². The lowest BCUT2D eigenvalue weighted by molar-refractivity contribution is 0.517. The molecule has 0 aliphatic rings. The van der Waals surface area contributed by atoms with Crippen molar-refractivity contribution in [3.05, 3.63) is 58.3 Å². The Bertz CT molecular complexity index is 415. The molecule has 0 saturated heterocycles. The van der Waals surface area contributed by atoms with Crippen molar-refractivity contribution in [2.24, 2.45) is 0 Å². The molecule has 0 bridgehead atoms. The highest BCUT2D eigenvalue weighted by atomic mass is 32.1. The molecule has 2 aromatic rings. The Morgan fingerprint density at radius 2 is 1.86 bits per heavy atom. The molecule has 0 saturated carbocycles. The number of aliphatic hydroxyl groups is 1. The van der Waals surface area contributed by atoms with Gasteiger partial charge in [0.2, 0.25) is 0 Å². The van der Waals surface area contributed by atoms with E-state index in [2.05, 4.69) is 0 Å². The van der Waals surface area contributed by atoms with Crippen LogP contribution < -0.4 is 0 Å². The van der Waals surface area contributed by atoms with E-state index in [0.717, 1.165) is 10.4 Å². The highest BCUT2D eigenvalue weighted by Gasteiger charge is 1.98. The fourth-order valence-corrected chi connectivity index (χ4v) is 1.84. The Balaban J connectivity index is 2.28. The van der Waals surface area contributed by atoms with Crippen LogP contribution in [0.5, 0.6) is 0 Å². The monoisotopic (exact) mass is 202 g/mol. The first-order valence-corrected chi connectivity index (χ1v) is 5.24. The lowest BCUT2D eigenvalue weighted by atomic mass is 10.2. The zero-order chi connectivity index (χ0) is 9.80. The molecule has 0 aliphatic carbocycles. The van der Waals surface area contributed by atoms with Gasteiger partial charge in [-0.2, -0.15) is 0 Å². The number of benzene rings is 1. The summed E-state index contributed by atoms with van der Waals surface area (Å²) in [4.78, 5) is 0.897. The molecule has 2 heteroatoms. The molecule has 1 aromatic heterocycles. The number of hydrogen-bond donors (Lipinski definition) is 1. The summed E-state index contributed by atoms with van der Waals surface area (Å²) in [6.07, 6.45) is 1.77. The largest absolute Gasteiger partial charge is 0.506 e. The van der Waals surface area contributed by atoms with E-state index in [1.807, 2.05) is 47.8 Å². The second-order valence-electron chi connectivity index (χ2n) is 2.92. The first-order chi connectivity index (χ1) is 6.86. The van der Waals surface area contributed by atoms with Gasteiger partial charge in [-0.1, -0.05) is 36.4 Å². The van der Waals surface area contributed by atoms with Gasteiger partial charge in [-0.05, 0) is 23.1 Å². The highest BCUT2D eigenvalue weighted by Crippen LogP contribution is 2.19. The van der Waals surface area contributed by atoms with E-state index >= 15 is 0 Å². The molecule has 1 nitrogen and oxygen atoms in total. The minimum atomic E-state index is 0.325. The van der Waals surface area contributed by atoms with Crippen LogP contribution in [0.2, 0.25) is 0 Å². The summed E-state index contributed by atoms with van der Waals surface area (Å²) in [7, 11) is 0. The lowest BCUT2D eigenvalue weighted by Crippen LogP contribution is -1.77. The second kappa shape index (κ2) is 4.11. The van der Waals surface area contributed by atoms with Crippen molar-refractivity contribution in [1.29, 1.82) is 0 Å². The first kappa shape index (κ1) is 9.03. The van der Waals surface area contributed by atoms with Crippen molar-refractivity contribution in [1.82, 2.24) is 0 Å². The minimum absolute atomic E-state index is 0.325. The fourth-order valence-electron chi connectivity index (χ4n) is 1.20. The third-order valence-corrected chi connectivity index (χ3v) is 2.77. The smallest absolute Gasteiger partial charge is 0.133 e. The van der Waals surface area contributed by atoms with Crippen LogP contribution in [0.1, 0.15) is 10.4 Å². The normalized spacial score (nSPS) is 11.6. The molecule has 0 spiro atoms. The Morgan fingerprint density at radius 3 is 2.50 bits per heavy atom. The summed E-state index contributed by atoms with van der Waals surface area (Å²) in [6, 6.07) is 13.6. The molecule has 70 valence electrons. The highest BCUT2D eigenvalue weighted by molar-refractivity contribution is 7.11. The van der Waals surface area contributed by atoms with Crippen molar-refractivity contribution in [3.8, 4) is 0 Å². The van der Waals surface area contributed by atoms with Gasteiger partial charge >= 0.3 is 0 Å². The molecular weight excluding hydrogens is 192 g/mol. The lowest BCUT2D eigenvalue weighted by Gasteiger charge is -1.95. The van der Waals surface area contributed by atoms with Crippen LogP contribution in [0.3, 0.4) is 0 Å². The maximum atomic E-state index is 9.73. The molecule has 0 aliphatic heterocycles. The first-order valence-electron chi connectivity index (χ1n) is 4.36. The van der Waals surface area contributed by atoms with Gasteiger partial charge in [0.15, 0.2) is 0 Å². The van der Waals surface area contributed by atoms with Crippen LogP contribution >= 0.6 is 11.3 Å². The van der Waals surface area contributed by atoms with Crippen LogP contribution in [0.15, 0.2) is 47.8 Å². The Kier molecular flexibility index (Phi) is 2.65. The average Bonchev–Trinajstić information content (AvgIpc) is 2.72. The van der Waals surface area contributed by atoms with Crippen molar-refractivity contribution in [2.75, 3.05) is 0 Å². The third-order valence-electron chi connectivity index (χ3n) is 1.88. The molecule has 14 heavy (non-hydrogen) atoms. The number of thiophene rings is 1. The number of aliphatic hydroxyl groups excluding tert-OH is 1. The van der Waals surface area contributed by atoms with Crippen LogP contribution in [0.25, 0.3) is 11.8 Å². The molecule has 1 N–H and O–H groups in total. The fraction of sp³-hybridized carbons (Fsp3) is 0. The third kappa shape index (κ3) is 2.03. The van der Waals surface area contributed by atoms with Gasteiger partial charge in [-0.25, -0.2) is 0 Å². The van der Waals surface area contributed by atoms with Crippen LogP contribution in [-0.2, 0) is 0 Å². The van der Waals surface area contributed by atoms with Gasteiger partial charge in [0.25, 0.3) is 0 Å². The molecule has 0 fully saturated rings. The van der Waals surface area contributed by atoms with Crippen molar-refractivity contribution in [3.63, 3.8) is 0 Å². The number of rotatable bonds is 2. The van der Waals surface area contributed by atoms with Gasteiger partial charge in [0, 0.05) is 0 Å². The van der Waals surface area contributed by atoms with E-state index in [9.17, 15) is 5.11 Å². The number of hydrogen-bond acceptors (Lipinski definition) is 2. The van der Waals surface area contributed by atoms with Gasteiger partial charge in [0.1, 0.15) is 5.76 Å². The molecule has 1 aromatic carbocycles. The molecule has 0 atom stereocenters. The molecule has 0 amide bonds. The second-order valence-corrected chi connectivity index (χ2v) is 3.87. The van der Waals surface area contributed by atoms with Gasteiger partial charge in [-0.15, -0.1) is 11.3 Å². The van der Waals surface area contributed by atoms with E-state index in [1.54, 1.807) is 6.08 Å². The zero-order valence-electron chi connectivity index (χ0n) is 7.55. The topological polar surface area (TPSA) is 20.2 Å². The zero-order valence-corrected chi connectivity index (χ0v) is 8.37. The summed E-state index contributed by atoms with van der Waals surface area (Å²) in [5, 5.41) is 11.7. The summed E-state index contributed by atoms with van der Waals surface area (Å²) in [5.74, 6) is 0.325. The quantitative estimate of drug-likeness (QED) is 0.734. The molecule has 0 unspecified atom stereocenters. The van der Waals surface area contributed by atoms with Crippen LogP contribution in [0.4, 0.5) is 0 Å². The Morgan fingerprint density at radius 1 is 1.07 bits per heavy atom. The summed E-state index contributed by atoms with van der Waals surface area (Å²) in [6.45, 7) is 0. The standard InChI is InChI=1S/C12H10OS/c13-11(12-7-4-8-14-12)9-10-5-2-1-3-6-10/h1-9,13H/b11-9+. The average molecular weight is 202 g/mol. The van der Waals surface area contributed by atoms with E-state index in [0.29, 0.717) is 5.76 Å². The van der Waals surface area contributed by atoms with E-state index in [-0.39, 0.29) is 0 Å². The van der Waals surface area contributed by atoms with Crippen molar-refractivity contribution < 1.29 is 5.11 Å². The maximum Gasteiger partial charge on any atom is 0.133 e. The van der Waals surface area contributed by atoms with Crippen molar-refractivity contribution >= 4 is 23.2 Å². The summed E-state index contributed by atoms with van der Waals surface area (Å²) >= 11 is 1.53. The minimum Gasteiger partial charge on any atom is -0.506 e. The molecular formula is C12H10OS. The van der Waals surface area contributed by atoms with E-state index in [1.165, 1.54) is 11.3 Å². The van der Waals surface area contributed by atoms with E-state index in [4.69, 9.17) is 0 Å². The van der Waals surface area contributed by atoms with Gasteiger partial charge < -0.3 is 5.11 Å². The predicted molar refractivity (Wildman–Crippen MR) is 61.3 cm³/mol. The van der Waals surface area contributed by atoms with Crippen molar-refractivity contribution in [2.45, 2.75) is 0 Å². The Labute approximate surface area is 87.0 Å². The maximum absolute atomic E-state index is 9.73. The van der Waals surface area contributed by atoms with Crippen LogP contribution in [0, 0.1) is 0 Å². The van der Waals surface area contributed by atoms with Gasteiger partial charge in [0.05, 0.1) is 4.88 Å². The summed E-state index contributed by atoms with van der Waals surface area (Å²) in [5.41, 5.74) is 1.01. The van der Waals surface area contributed by atoms with Gasteiger partial charge in [-0.3, -0.25) is 0 Å². The molecule has 1 heterocycles. The van der Waals surface area contributed by atoms with Crippen LogP contribution in [-0.4, -0.2) is 5.11 Å². The Hall–Kier alpha value is -1.54. The SMILES string of the molecule is O/C(=C/c1ccccc1)c1cccs1. The predicted octanol–water partition coefficient (Wildman–Crippen LogP) is 3.80. The molecule has 2 rings (SSSR count). The summed E-state index contributed by atoms with van der Waals surface area (Å²) < 4.78 is 0. The molecule has 0 radical (unpaired) electrons.